The van der Waals surface area contributed by atoms with Crippen molar-refractivity contribution in [2.45, 2.75) is 25.3 Å². The van der Waals surface area contributed by atoms with Crippen molar-refractivity contribution in [2.24, 2.45) is 0 Å². The maximum atomic E-state index is 12.7. The van der Waals surface area contributed by atoms with Crippen molar-refractivity contribution in [3.05, 3.63) is 76.6 Å². The van der Waals surface area contributed by atoms with E-state index in [1.807, 2.05) is 48.5 Å². The Hall–Kier alpha value is -2.86. The molecule has 3 aromatic rings. The van der Waals surface area contributed by atoms with Crippen molar-refractivity contribution in [3.8, 4) is 0 Å². The minimum Gasteiger partial charge on any atom is -0.405 e. The average molecular weight is 397 g/mol. The van der Waals surface area contributed by atoms with Crippen LogP contribution in [0.1, 0.15) is 35.9 Å². The van der Waals surface area contributed by atoms with E-state index in [2.05, 4.69) is 20.4 Å². The van der Waals surface area contributed by atoms with Gasteiger partial charge in [0.25, 0.3) is 0 Å². The number of hydrogen-bond donors (Lipinski definition) is 1. The molecule has 0 spiro atoms. The second-order valence-corrected chi connectivity index (χ2v) is 7.20. The van der Waals surface area contributed by atoms with Crippen molar-refractivity contribution in [3.63, 3.8) is 0 Å². The molecule has 1 aromatic heterocycles. The number of aromatic nitrogens is 2. The molecule has 144 valence electrons. The number of nitrogens with zero attached hydrogens (tertiary/aromatic N) is 3. The highest BCUT2D eigenvalue weighted by Crippen LogP contribution is 2.26. The fraction of sp³-hybridized carbons (Fsp3) is 0.286. The zero-order chi connectivity index (χ0) is 19.3. The predicted molar refractivity (Wildman–Crippen MR) is 107 cm³/mol. The third-order valence-corrected chi connectivity index (χ3v) is 5.17. The quantitative estimate of drug-likeness (QED) is 0.686. The van der Waals surface area contributed by atoms with E-state index in [-0.39, 0.29) is 12.3 Å². The van der Waals surface area contributed by atoms with Gasteiger partial charge in [0.05, 0.1) is 6.42 Å². The number of halogens is 1. The molecule has 2 aromatic carbocycles. The lowest BCUT2D eigenvalue weighted by molar-refractivity contribution is -0.121. The maximum Gasteiger partial charge on any atom is 0.318 e. The third kappa shape index (κ3) is 4.17. The van der Waals surface area contributed by atoms with E-state index in [9.17, 15) is 4.79 Å². The van der Waals surface area contributed by atoms with Gasteiger partial charge in [-0.15, -0.1) is 5.10 Å². The van der Waals surface area contributed by atoms with Crippen molar-refractivity contribution >= 4 is 23.5 Å². The first-order valence-electron chi connectivity index (χ1n) is 9.37. The summed E-state index contributed by atoms with van der Waals surface area (Å²) in [6.45, 7) is 1.83. The Morgan fingerprint density at radius 3 is 2.54 bits per heavy atom. The summed E-state index contributed by atoms with van der Waals surface area (Å²) >= 11 is 6.19. The molecule has 7 heteroatoms. The van der Waals surface area contributed by atoms with Gasteiger partial charge in [0, 0.05) is 18.1 Å². The largest absolute Gasteiger partial charge is 0.405 e. The van der Waals surface area contributed by atoms with E-state index in [1.165, 1.54) is 0 Å². The van der Waals surface area contributed by atoms with Crippen LogP contribution < -0.4 is 10.2 Å². The first-order valence-corrected chi connectivity index (χ1v) is 9.74. The minimum absolute atomic E-state index is 0.164. The molecule has 6 nitrogen and oxygen atoms in total. The van der Waals surface area contributed by atoms with Crippen molar-refractivity contribution < 1.29 is 9.21 Å². The highest BCUT2D eigenvalue weighted by atomic mass is 35.5. The summed E-state index contributed by atoms with van der Waals surface area (Å²) in [7, 11) is 0. The zero-order valence-electron chi connectivity index (χ0n) is 15.3. The van der Waals surface area contributed by atoms with Crippen molar-refractivity contribution in [1.82, 2.24) is 15.5 Å². The number of nitrogens with one attached hydrogen (secondary N) is 1. The molecule has 28 heavy (non-hydrogen) atoms. The molecule has 4 rings (SSSR count). The molecule has 0 unspecified atom stereocenters. The summed E-state index contributed by atoms with van der Waals surface area (Å²) in [5, 5.41) is 12.0. The monoisotopic (exact) mass is 396 g/mol. The van der Waals surface area contributed by atoms with Crippen molar-refractivity contribution in [1.29, 1.82) is 0 Å². The van der Waals surface area contributed by atoms with Gasteiger partial charge in [0.2, 0.25) is 11.8 Å². The molecular formula is C21H21ClN4O2. The summed E-state index contributed by atoms with van der Waals surface area (Å²) in [4.78, 5) is 14.8. The zero-order valence-corrected chi connectivity index (χ0v) is 16.1. The van der Waals surface area contributed by atoms with E-state index < -0.39 is 6.04 Å². The summed E-state index contributed by atoms with van der Waals surface area (Å²) < 4.78 is 5.92. The molecule has 0 aliphatic carbocycles. The Kier molecular flexibility index (Phi) is 5.58. The molecule has 1 aliphatic heterocycles. The number of carbonyl (C=O) groups excluding carboxylic acids is 1. The van der Waals surface area contributed by atoms with Crippen LogP contribution in [0.2, 0.25) is 5.02 Å². The lowest BCUT2D eigenvalue weighted by atomic mass is 10.1. The lowest BCUT2D eigenvalue weighted by Gasteiger charge is -2.16. The van der Waals surface area contributed by atoms with Crippen LogP contribution >= 0.6 is 11.6 Å². The summed E-state index contributed by atoms with van der Waals surface area (Å²) in [6.07, 6.45) is 2.42. The van der Waals surface area contributed by atoms with Gasteiger partial charge in [-0.3, -0.25) is 4.79 Å². The highest BCUT2D eigenvalue weighted by molar-refractivity contribution is 6.31. The van der Waals surface area contributed by atoms with Crippen LogP contribution in [0, 0.1) is 0 Å². The Balaban J connectivity index is 1.56. The van der Waals surface area contributed by atoms with Gasteiger partial charge in [-0.1, -0.05) is 65.2 Å². The van der Waals surface area contributed by atoms with Crippen LogP contribution in [0.15, 0.2) is 59.0 Å². The molecule has 1 N–H and O–H groups in total. The number of anilines is 1. The third-order valence-electron chi connectivity index (χ3n) is 4.80. The molecule has 2 heterocycles. The lowest BCUT2D eigenvalue weighted by Crippen LogP contribution is -2.31. The average Bonchev–Trinajstić information content (AvgIpc) is 3.40. The van der Waals surface area contributed by atoms with E-state index in [0.717, 1.165) is 37.1 Å². The van der Waals surface area contributed by atoms with E-state index in [4.69, 9.17) is 16.0 Å². The second-order valence-electron chi connectivity index (χ2n) is 6.80. The normalized spacial score (nSPS) is 14.8. The van der Waals surface area contributed by atoms with Crippen LogP contribution in [-0.2, 0) is 11.2 Å². The predicted octanol–water partition coefficient (Wildman–Crippen LogP) is 3.77. The van der Waals surface area contributed by atoms with E-state index in [1.54, 1.807) is 6.07 Å². The molecule has 0 saturated carbocycles. The fourth-order valence-corrected chi connectivity index (χ4v) is 3.54. The molecule has 1 amide bonds. The first-order chi connectivity index (χ1) is 13.7. The number of carbonyl (C=O) groups is 1. The van der Waals surface area contributed by atoms with Crippen LogP contribution in [0.3, 0.4) is 0 Å². The van der Waals surface area contributed by atoms with E-state index in [0.29, 0.717) is 16.9 Å². The number of hydrogen-bond acceptors (Lipinski definition) is 5. The summed E-state index contributed by atoms with van der Waals surface area (Å²) in [5.74, 6) is 0.212. The second kappa shape index (κ2) is 8.44. The highest BCUT2D eigenvalue weighted by Gasteiger charge is 2.25. The van der Waals surface area contributed by atoms with Crippen LogP contribution in [0.25, 0.3) is 0 Å². The number of rotatable bonds is 6. The van der Waals surface area contributed by atoms with Crippen LogP contribution in [-0.4, -0.2) is 29.2 Å². The molecular weight excluding hydrogens is 376 g/mol. The van der Waals surface area contributed by atoms with Gasteiger partial charge in [-0.25, -0.2) is 0 Å². The van der Waals surface area contributed by atoms with Crippen LogP contribution in [0.5, 0.6) is 0 Å². The standard InChI is InChI=1S/C21H21ClN4O2/c22-17-11-5-4-10-16(17)14-18(27)23-19(15-8-2-1-3-9-15)20-24-25-21(28-20)26-12-6-7-13-26/h1-5,8-11,19H,6-7,12-14H2,(H,23,27)/t19-/m0/s1. The smallest absolute Gasteiger partial charge is 0.318 e. The fourth-order valence-electron chi connectivity index (χ4n) is 3.34. The molecule has 1 aliphatic rings. The van der Waals surface area contributed by atoms with E-state index >= 15 is 0 Å². The van der Waals surface area contributed by atoms with Crippen LogP contribution in [0.4, 0.5) is 6.01 Å². The number of benzene rings is 2. The van der Waals surface area contributed by atoms with Gasteiger partial charge in [-0.2, -0.15) is 0 Å². The molecule has 0 radical (unpaired) electrons. The van der Waals surface area contributed by atoms with Gasteiger partial charge >= 0.3 is 6.01 Å². The Labute approximate surface area is 168 Å². The molecule has 1 fully saturated rings. The van der Waals surface area contributed by atoms with Crippen molar-refractivity contribution in [2.75, 3.05) is 18.0 Å². The summed E-state index contributed by atoms with van der Waals surface area (Å²) in [5.41, 5.74) is 1.66. The molecule has 1 atom stereocenters. The van der Waals surface area contributed by atoms with Gasteiger partial charge < -0.3 is 14.6 Å². The Bertz CT molecular complexity index is 938. The van der Waals surface area contributed by atoms with Gasteiger partial charge in [-0.05, 0) is 30.0 Å². The maximum absolute atomic E-state index is 12.7. The first kappa shape index (κ1) is 18.5. The molecule has 1 saturated heterocycles. The molecule has 0 bridgehead atoms. The van der Waals surface area contributed by atoms with Gasteiger partial charge in [0.15, 0.2) is 0 Å². The van der Waals surface area contributed by atoms with Gasteiger partial charge in [0.1, 0.15) is 6.04 Å². The summed E-state index contributed by atoms with van der Waals surface area (Å²) in [6, 6.07) is 16.9. The Morgan fingerprint density at radius 1 is 1.07 bits per heavy atom. The topological polar surface area (TPSA) is 71.3 Å². The minimum atomic E-state index is -0.514. The Morgan fingerprint density at radius 2 is 1.79 bits per heavy atom. The number of amides is 1. The SMILES string of the molecule is O=C(Cc1ccccc1Cl)N[C@@H](c1ccccc1)c1nnc(N2CCCC2)o1.